The highest BCUT2D eigenvalue weighted by molar-refractivity contribution is 8.01. The molecule has 0 spiro atoms. The first-order valence-electron chi connectivity index (χ1n) is 14.8. The molecule has 1 saturated heterocycles. The Hall–Kier alpha value is -5.20. The predicted molar refractivity (Wildman–Crippen MR) is 181 cm³/mol. The maximum Gasteiger partial charge on any atom is 0.248 e. The average molecular weight is 634 g/mol. The van der Waals surface area contributed by atoms with Crippen LogP contribution in [0.5, 0.6) is 11.5 Å². The summed E-state index contributed by atoms with van der Waals surface area (Å²) in [6.07, 6.45) is 0.650. The van der Waals surface area contributed by atoms with Crippen molar-refractivity contribution in [3.63, 3.8) is 0 Å². The van der Waals surface area contributed by atoms with Gasteiger partial charge in [0.05, 0.1) is 19.5 Å². The second-order valence-corrected chi connectivity index (χ2v) is 12.1. The highest BCUT2D eigenvalue weighted by atomic mass is 32.2. The van der Waals surface area contributed by atoms with E-state index in [1.807, 2.05) is 72.8 Å². The summed E-state index contributed by atoms with van der Waals surface area (Å²) in [6.45, 7) is 0.471. The molecule has 1 heterocycles. The summed E-state index contributed by atoms with van der Waals surface area (Å²) >= 11 is 1.42. The van der Waals surface area contributed by atoms with E-state index in [0.29, 0.717) is 35.7 Å². The lowest BCUT2D eigenvalue weighted by atomic mass is 10.1. The Morgan fingerprint density at radius 1 is 0.870 bits per heavy atom. The molecule has 0 bridgehead atoms. The van der Waals surface area contributed by atoms with Crippen LogP contribution >= 0.6 is 11.8 Å². The number of thioether (sulfide) groups is 1. The van der Waals surface area contributed by atoms with E-state index in [4.69, 9.17) is 15.2 Å². The van der Waals surface area contributed by atoms with Crippen molar-refractivity contribution in [3.8, 4) is 23.3 Å². The lowest BCUT2D eigenvalue weighted by molar-refractivity contribution is -0.131. The summed E-state index contributed by atoms with van der Waals surface area (Å²) in [7, 11) is 4.92. The maximum absolute atomic E-state index is 13.9. The molecule has 0 saturated carbocycles. The second-order valence-electron chi connectivity index (χ2n) is 10.8. The van der Waals surface area contributed by atoms with Gasteiger partial charge in [0, 0.05) is 42.4 Å². The molecule has 2 atom stereocenters. The quantitative estimate of drug-likeness (QED) is 0.234. The fraction of sp³-hybridized carbons (Fsp3) is 0.216. The zero-order chi connectivity index (χ0) is 32.6. The molecule has 0 unspecified atom stereocenters. The number of nitrogens with zero attached hydrogens (tertiary/aromatic N) is 2. The Kier molecular flexibility index (Phi) is 10.3. The molecule has 0 aliphatic carbocycles. The van der Waals surface area contributed by atoms with Gasteiger partial charge in [-0.1, -0.05) is 54.3 Å². The smallest absolute Gasteiger partial charge is 0.248 e. The fourth-order valence-electron chi connectivity index (χ4n) is 5.15. The summed E-state index contributed by atoms with van der Waals surface area (Å²) in [4.78, 5) is 42.6. The van der Waals surface area contributed by atoms with Crippen molar-refractivity contribution >= 4 is 35.2 Å². The molecular weight excluding hydrogens is 598 g/mol. The molecule has 1 fully saturated rings. The number of primary amides is 1. The second kappa shape index (κ2) is 14.7. The number of benzene rings is 4. The first-order valence-corrected chi connectivity index (χ1v) is 15.7. The molecule has 4 aromatic rings. The van der Waals surface area contributed by atoms with Gasteiger partial charge in [-0.25, -0.2) is 0 Å². The molecule has 0 radical (unpaired) electrons. The van der Waals surface area contributed by atoms with Gasteiger partial charge in [-0.15, -0.1) is 11.8 Å². The molecule has 4 aromatic carbocycles. The van der Waals surface area contributed by atoms with Crippen molar-refractivity contribution in [3.05, 3.63) is 125 Å². The zero-order valence-electron chi connectivity index (χ0n) is 25.9. The fourth-order valence-corrected chi connectivity index (χ4v) is 6.59. The Balaban J connectivity index is 1.33. The third-order valence-electron chi connectivity index (χ3n) is 7.74. The predicted octanol–water partition coefficient (Wildman–Crippen LogP) is 5.44. The van der Waals surface area contributed by atoms with Gasteiger partial charge in [-0.05, 0) is 72.1 Å². The van der Waals surface area contributed by atoms with E-state index in [1.54, 1.807) is 55.3 Å². The van der Waals surface area contributed by atoms with Crippen molar-refractivity contribution in [1.29, 1.82) is 0 Å². The van der Waals surface area contributed by atoms with Crippen molar-refractivity contribution in [2.75, 3.05) is 32.7 Å². The number of methoxy groups -OCH3 is 2. The van der Waals surface area contributed by atoms with Crippen LogP contribution in [0.3, 0.4) is 0 Å². The summed E-state index contributed by atoms with van der Waals surface area (Å²) in [5.41, 5.74) is 10.0. The number of hydrogen-bond donors (Lipinski definition) is 1. The normalized spacial score (nSPS) is 15.5. The molecule has 5 rings (SSSR count). The van der Waals surface area contributed by atoms with Crippen LogP contribution in [-0.4, -0.2) is 55.7 Å². The van der Waals surface area contributed by atoms with Crippen LogP contribution in [0.15, 0.2) is 97.1 Å². The number of ether oxygens (including phenoxy) is 2. The van der Waals surface area contributed by atoms with E-state index in [2.05, 4.69) is 11.8 Å². The highest BCUT2D eigenvalue weighted by Gasteiger charge is 2.43. The summed E-state index contributed by atoms with van der Waals surface area (Å²) < 4.78 is 10.7. The lowest BCUT2D eigenvalue weighted by Gasteiger charge is -2.24. The molecule has 2 N–H and O–H groups in total. The lowest BCUT2D eigenvalue weighted by Crippen LogP contribution is -2.35. The van der Waals surface area contributed by atoms with Crippen molar-refractivity contribution < 1.29 is 23.9 Å². The van der Waals surface area contributed by atoms with Gasteiger partial charge in [0.2, 0.25) is 17.7 Å². The molecule has 234 valence electrons. The number of nitrogens with two attached hydrogens (primary N) is 1. The monoisotopic (exact) mass is 633 g/mol. The minimum absolute atomic E-state index is 0.0368. The van der Waals surface area contributed by atoms with Crippen LogP contribution in [0.25, 0.3) is 0 Å². The number of amides is 3. The van der Waals surface area contributed by atoms with E-state index in [-0.39, 0.29) is 18.2 Å². The molecule has 1 aliphatic heterocycles. The number of anilines is 1. The van der Waals surface area contributed by atoms with Gasteiger partial charge >= 0.3 is 0 Å². The minimum Gasteiger partial charge on any atom is -0.493 e. The van der Waals surface area contributed by atoms with E-state index < -0.39 is 16.5 Å². The molecule has 46 heavy (non-hydrogen) atoms. The number of rotatable bonds is 10. The Bertz CT molecular complexity index is 1780. The van der Waals surface area contributed by atoms with E-state index in [9.17, 15) is 14.4 Å². The standard InChI is InChI=1S/C37H35N3O5S/c1-39(21-20-27-16-19-31(44-2)32(22-27)45-3)34(41)24-33-36(43)40(30-11-7-10-29(23-30)35(38)42)37(46-33)28-17-14-26(15-18-28)13-12-25-8-5-4-6-9-25/h4-11,14-19,22-23,33,37H,20-21,24H2,1-3H3,(H2,38,42)/t33-,37+/m1/s1. The molecule has 3 amide bonds. The first-order chi connectivity index (χ1) is 22.3. The van der Waals surface area contributed by atoms with E-state index in [0.717, 1.165) is 22.3 Å². The van der Waals surface area contributed by atoms with E-state index >= 15 is 0 Å². The van der Waals surface area contributed by atoms with Crippen molar-refractivity contribution in [2.45, 2.75) is 23.5 Å². The molecule has 8 nitrogen and oxygen atoms in total. The Labute approximate surface area is 273 Å². The SMILES string of the molecule is COc1ccc(CCN(C)C(=O)C[C@H]2S[C@@H](c3ccc(C#Cc4ccccc4)cc3)N(c3cccc(C(N)=O)c3)C2=O)cc1OC. The summed E-state index contributed by atoms with van der Waals surface area (Å²) in [6, 6.07) is 29.9. The van der Waals surface area contributed by atoms with Gasteiger partial charge in [0.1, 0.15) is 5.37 Å². The van der Waals surface area contributed by atoms with Gasteiger partial charge < -0.3 is 20.1 Å². The number of carbonyl (C=O) groups is 3. The summed E-state index contributed by atoms with van der Waals surface area (Å²) in [5.74, 6) is 6.69. The van der Waals surface area contributed by atoms with Crippen LogP contribution in [0.4, 0.5) is 5.69 Å². The number of hydrogen-bond acceptors (Lipinski definition) is 6. The molecule has 9 heteroatoms. The third-order valence-corrected chi connectivity index (χ3v) is 9.18. The average Bonchev–Trinajstić information content (AvgIpc) is 3.41. The van der Waals surface area contributed by atoms with Gasteiger partial charge in [0.15, 0.2) is 11.5 Å². The number of carbonyl (C=O) groups excluding carboxylic acids is 3. The maximum atomic E-state index is 13.9. The minimum atomic E-state index is -0.615. The van der Waals surface area contributed by atoms with Crippen LogP contribution in [0.2, 0.25) is 0 Å². The van der Waals surface area contributed by atoms with Crippen LogP contribution in [-0.2, 0) is 16.0 Å². The van der Waals surface area contributed by atoms with Crippen LogP contribution in [0, 0.1) is 11.8 Å². The van der Waals surface area contributed by atoms with Crippen LogP contribution < -0.4 is 20.1 Å². The van der Waals surface area contributed by atoms with Crippen LogP contribution in [0.1, 0.15) is 44.4 Å². The molecule has 0 aromatic heterocycles. The zero-order valence-corrected chi connectivity index (χ0v) is 26.8. The largest absolute Gasteiger partial charge is 0.493 e. The Morgan fingerprint density at radius 2 is 1.57 bits per heavy atom. The molecular formula is C37H35N3O5S. The number of likely N-dealkylation sites (N-methyl/N-ethyl adjacent to an activating group) is 1. The van der Waals surface area contributed by atoms with Gasteiger partial charge in [-0.3, -0.25) is 19.3 Å². The topological polar surface area (TPSA) is 102 Å². The van der Waals surface area contributed by atoms with E-state index in [1.165, 1.54) is 11.8 Å². The van der Waals surface area contributed by atoms with Gasteiger partial charge in [-0.2, -0.15) is 0 Å². The van der Waals surface area contributed by atoms with Crippen molar-refractivity contribution in [2.24, 2.45) is 5.73 Å². The van der Waals surface area contributed by atoms with Gasteiger partial charge in [0.25, 0.3) is 0 Å². The van der Waals surface area contributed by atoms with Crippen molar-refractivity contribution in [1.82, 2.24) is 4.90 Å². The molecule has 1 aliphatic rings. The highest BCUT2D eigenvalue weighted by Crippen LogP contribution is 2.47. The summed E-state index contributed by atoms with van der Waals surface area (Å²) in [5, 5.41) is -1.03. The first kappa shape index (κ1) is 32.2. The Morgan fingerprint density at radius 3 is 2.24 bits per heavy atom. The third kappa shape index (κ3) is 7.53.